The van der Waals surface area contributed by atoms with Crippen molar-refractivity contribution in [2.75, 3.05) is 24.9 Å². The van der Waals surface area contributed by atoms with Gasteiger partial charge in [0.2, 0.25) is 5.13 Å². The molecule has 0 aliphatic rings. The van der Waals surface area contributed by atoms with Gasteiger partial charge in [0, 0.05) is 15.4 Å². The first-order chi connectivity index (χ1) is 10.6. The van der Waals surface area contributed by atoms with Crippen molar-refractivity contribution in [1.82, 2.24) is 4.98 Å². The molecule has 0 amide bonds. The SMILES string of the molecule is C=CCOc1cc(Br)c(C=NNc2nc(N)cs2)cc1OC. The number of benzene rings is 1. The fraction of sp³-hybridized carbons (Fsp3) is 0.143. The summed E-state index contributed by atoms with van der Waals surface area (Å²) in [5.74, 6) is 1.71. The minimum absolute atomic E-state index is 0.406. The van der Waals surface area contributed by atoms with Gasteiger partial charge < -0.3 is 15.2 Å². The minimum atomic E-state index is 0.406. The third-order valence-corrected chi connectivity index (χ3v) is 3.98. The number of nitrogens with two attached hydrogens (primary N) is 1. The van der Waals surface area contributed by atoms with Gasteiger partial charge in [-0.25, -0.2) is 4.98 Å². The molecule has 1 heterocycles. The predicted octanol–water partition coefficient (Wildman–Crippen LogP) is 3.51. The fourth-order valence-electron chi connectivity index (χ4n) is 1.57. The van der Waals surface area contributed by atoms with Crippen LogP contribution >= 0.6 is 27.3 Å². The lowest BCUT2D eigenvalue weighted by atomic mass is 10.2. The maximum atomic E-state index is 5.54. The van der Waals surface area contributed by atoms with E-state index in [4.69, 9.17) is 15.2 Å². The number of nitrogens with zero attached hydrogens (tertiary/aromatic N) is 2. The molecule has 2 aromatic rings. The second kappa shape index (κ2) is 7.81. The third kappa shape index (κ3) is 4.22. The molecule has 0 fully saturated rings. The highest BCUT2D eigenvalue weighted by Crippen LogP contribution is 2.33. The molecule has 0 aliphatic carbocycles. The van der Waals surface area contributed by atoms with Crippen LogP contribution in [0.3, 0.4) is 0 Å². The molecular formula is C14H15BrN4O2S. The number of methoxy groups -OCH3 is 1. The normalized spacial score (nSPS) is 10.6. The Bertz CT molecular complexity index is 687. The van der Waals surface area contributed by atoms with Crippen LogP contribution in [0.4, 0.5) is 10.9 Å². The number of rotatable bonds is 7. The second-order valence-corrected chi connectivity index (χ2v) is 5.78. The second-order valence-electron chi connectivity index (χ2n) is 4.07. The Hall–Kier alpha value is -2.06. The zero-order valence-corrected chi connectivity index (χ0v) is 14.3. The van der Waals surface area contributed by atoms with Gasteiger partial charge in [0.05, 0.1) is 13.3 Å². The smallest absolute Gasteiger partial charge is 0.205 e. The van der Waals surface area contributed by atoms with E-state index >= 15 is 0 Å². The summed E-state index contributed by atoms with van der Waals surface area (Å²) >= 11 is 4.86. The molecule has 0 spiro atoms. The Morgan fingerprint density at radius 1 is 1.50 bits per heavy atom. The van der Waals surface area contributed by atoms with Gasteiger partial charge in [0.1, 0.15) is 12.4 Å². The molecule has 0 aliphatic heterocycles. The summed E-state index contributed by atoms with van der Waals surface area (Å²) in [5, 5.41) is 6.49. The highest BCUT2D eigenvalue weighted by molar-refractivity contribution is 9.10. The lowest BCUT2D eigenvalue weighted by Crippen LogP contribution is -1.98. The summed E-state index contributed by atoms with van der Waals surface area (Å²) in [5.41, 5.74) is 9.19. The Morgan fingerprint density at radius 3 is 2.95 bits per heavy atom. The van der Waals surface area contributed by atoms with Gasteiger partial charge in [-0.1, -0.05) is 12.7 Å². The van der Waals surface area contributed by atoms with E-state index in [2.05, 4.69) is 38.0 Å². The van der Waals surface area contributed by atoms with Gasteiger partial charge in [-0.05, 0) is 28.1 Å². The maximum absolute atomic E-state index is 5.54. The first-order valence-electron chi connectivity index (χ1n) is 6.25. The summed E-state index contributed by atoms with van der Waals surface area (Å²) in [7, 11) is 1.58. The number of aromatic nitrogens is 1. The van der Waals surface area contributed by atoms with Crippen molar-refractivity contribution in [3.8, 4) is 11.5 Å². The van der Waals surface area contributed by atoms with Gasteiger partial charge in [0.15, 0.2) is 11.5 Å². The molecule has 0 atom stereocenters. The van der Waals surface area contributed by atoms with E-state index in [0.717, 1.165) is 10.0 Å². The number of anilines is 2. The largest absolute Gasteiger partial charge is 0.493 e. The van der Waals surface area contributed by atoms with Gasteiger partial charge in [-0.3, -0.25) is 5.43 Å². The predicted molar refractivity (Wildman–Crippen MR) is 94.1 cm³/mol. The topological polar surface area (TPSA) is 81.8 Å². The molecule has 0 radical (unpaired) electrons. The molecule has 0 unspecified atom stereocenters. The summed E-state index contributed by atoms with van der Waals surface area (Å²) in [6.07, 6.45) is 3.33. The number of thiazole rings is 1. The average molecular weight is 383 g/mol. The number of hydrogen-bond acceptors (Lipinski definition) is 7. The molecule has 22 heavy (non-hydrogen) atoms. The van der Waals surface area contributed by atoms with Crippen molar-refractivity contribution in [2.45, 2.75) is 0 Å². The molecule has 6 nitrogen and oxygen atoms in total. The van der Waals surface area contributed by atoms with Crippen molar-refractivity contribution in [2.24, 2.45) is 5.10 Å². The van der Waals surface area contributed by atoms with E-state index in [1.54, 1.807) is 24.8 Å². The molecule has 0 bridgehead atoms. The Morgan fingerprint density at radius 2 is 2.32 bits per heavy atom. The highest BCUT2D eigenvalue weighted by atomic mass is 79.9. The molecule has 0 saturated heterocycles. The van der Waals surface area contributed by atoms with Crippen LogP contribution in [0.5, 0.6) is 11.5 Å². The number of halogens is 1. The van der Waals surface area contributed by atoms with Gasteiger partial charge >= 0.3 is 0 Å². The number of hydrogen-bond donors (Lipinski definition) is 2. The van der Waals surface area contributed by atoms with E-state index < -0.39 is 0 Å². The molecule has 116 valence electrons. The Balaban J connectivity index is 2.14. The minimum Gasteiger partial charge on any atom is -0.493 e. The number of ether oxygens (including phenoxy) is 2. The zero-order valence-electron chi connectivity index (χ0n) is 11.9. The van der Waals surface area contributed by atoms with Crippen LogP contribution in [-0.2, 0) is 0 Å². The van der Waals surface area contributed by atoms with E-state index in [1.165, 1.54) is 11.3 Å². The zero-order chi connectivity index (χ0) is 15.9. The van der Waals surface area contributed by atoms with Gasteiger partial charge in [-0.2, -0.15) is 5.10 Å². The fourth-order valence-corrected chi connectivity index (χ4v) is 2.54. The summed E-state index contributed by atoms with van der Waals surface area (Å²) in [4.78, 5) is 4.05. The van der Waals surface area contributed by atoms with Crippen LogP contribution in [-0.4, -0.2) is 24.9 Å². The molecule has 2 rings (SSSR count). The standard InChI is InChI=1S/C14H15BrN4O2S/c1-3-4-21-12-6-10(15)9(5-11(12)20-2)7-17-19-14-18-13(16)8-22-14/h3,5-8H,1,4,16H2,2H3,(H,18,19). The first kappa shape index (κ1) is 16.3. The summed E-state index contributed by atoms with van der Waals surface area (Å²) < 4.78 is 11.7. The Labute approximate surface area is 140 Å². The monoisotopic (exact) mass is 382 g/mol. The van der Waals surface area contributed by atoms with Crippen LogP contribution in [0.25, 0.3) is 0 Å². The van der Waals surface area contributed by atoms with Gasteiger partial charge in [-0.15, -0.1) is 11.3 Å². The number of nitrogens with one attached hydrogen (secondary N) is 1. The first-order valence-corrected chi connectivity index (χ1v) is 7.92. The molecule has 1 aromatic carbocycles. The molecule has 8 heteroatoms. The van der Waals surface area contributed by atoms with Crippen molar-refractivity contribution in [3.05, 3.63) is 40.2 Å². The van der Waals surface area contributed by atoms with Gasteiger partial charge in [0.25, 0.3) is 0 Å². The molecular weight excluding hydrogens is 368 g/mol. The van der Waals surface area contributed by atoms with E-state index in [1.807, 2.05) is 12.1 Å². The lowest BCUT2D eigenvalue weighted by molar-refractivity contribution is 0.326. The summed E-state index contributed by atoms with van der Waals surface area (Å²) in [6.45, 7) is 4.03. The van der Waals surface area contributed by atoms with Crippen molar-refractivity contribution >= 4 is 44.4 Å². The van der Waals surface area contributed by atoms with Crippen molar-refractivity contribution in [1.29, 1.82) is 0 Å². The third-order valence-electron chi connectivity index (χ3n) is 2.53. The van der Waals surface area contributed by atoms with Crippen molar-refractivity contribution < 1.29 is 9.47 Å². The number of nitrogen functional groups attached to an aromatic ring is 1. The Kier molecular flexibility index (Phi) is 5.79. The number of hydrazone groups is 1. The van der Waals surface area contributed by atoms with Crippen molar-refractivity contribution in [3.63, 3.8) is 0 Å². The van der Waals surface area contributed by atoms with Crippen LogP contribution in [0.1, 0.15) is 5.56 Å². The van der Waals surface area contributed by atoms with Crippen LogP contribution in [0.2, 0.25) is 0 Å². The quantitative estimate of drug-likeness (QED) is 0.435. The summed E-state index contributed by atoms with van der Waals surface area (Å²) in [6, 6.07) is 3.65. The van der Waals surface area contributed by atoms with Crippen LogP contribution < -0.4 is 20.6 Å². The molecule has 1 aromatic heterocycles. The van der Waals surface area contributed by atoms with E-state index in [0.29, 0.717) is 29.1 Å². The highest BCUT2D eigenvalue weighted by Gasteiger charge is 2.09. The average Bonchev–Trinajstić information content (AvgIpc) is 2.92. The van der Waals surface area contributed by atoms with Crippen LogP contribution in [0.15, 0.2) is 39.7 Å². The van der Waals surface area contributed by atoms with Crippen LogP contribution in [0, 0.1) is 0 Å². The van der Waals surface area contributed by atoms with E-state index in [-0.39, 0.29) is 0 Å². The molecule has 3 N–H and O–H groups in total. The molecule has 0 saturated carbocycles. The maximum Gasteiger partial charge on any atom is 0.205 e. The lowest BCUT2D eigenvalue weighted by Gasteiger charge is -2.11. The van der Waals surface area contributed by atoms with E-state index in [9.17, 15) is 0 Å².